The van der Waals surface area contributed by atoms with Crippen LogP contribution in [0.15, 0.2) is 35.1 Å². The molecule has 1 unspecified atom stereocenters. The highest BCUT2D eigenvalue weighted by atomic mass is 16.6. The van der Waals surface area contributed by atoms with Crippen LogP contribution in [-0.2, 0) is 14.3 Å². The van der Waals surface area contributed by atoms with Crippen LogP contribution >= 0.6 is 0 Å². The number of pyridine rings is 1. The Morgan fingerprint density at radius 3 is 2.70 bits per heavy atom. The van der Waals surface area contributed by atoms with Gasteiger partial charge in [-0.25, -0.2) is 4.79 Å². The number of aromatic nitrogens is 1. The third kappa shape index (κ3) is 3.54. The average Bonchev–Trinajstić information content (AvgIpc) is 2.53. The van der Waals surface area contributed by atoms with Gasteiger partial charge in [-0.05, 0) is 19.1 Å². The summed E-state index contributed by atoms with van der Waals surface area (Å²) in [7, 11) is 1.49. The molecule has 1 aromatic carbocycles. The molecule has 23 heavy (non-hydrogen) atoms. The lowest BCUT2D eigenvalue weighted by molar-refractivity contribution is -0.384. The van der Waals surface area contributed by atoms with E-state index >= 15 is 0 Å². The van der Waals surface area contributed by atoms with Crippen molar-refractivity contribution in [3.8, 4) is 0 Å². The summed E-state index contributed by atoms with van der Waals surface area (Å²) < 4.78 is 11.1. The summed E-state index contributed by atoms with van der Waals surface area (Å²) in [6.07, 6.45) is 0. The van der Waals surface area contributed by atoms with Gasteiger partial charge in [-0.2, -0.15) is 0 Å². The van der Waals surface area contributed by atoms with Crippen molar-refractivity contribution in [2.45, 2.75) is 13.0 Å². The number of carbonyl (C=O) groups excluding carboxylic acids is 1. The number of methoxy groups -OCH3 is 1. The number of hydrogen-bond acceptors (Lipinski definition) is 6. The molecule has 0 saturated heterocycles. The van der Waals surface area contributed by atoms with Crippen molar-refractivity contribution in [1.82, 2.24) is 4.57 Å². The molecule has 1 aromatic heterocycles. The van der Waals surface area contributed by atoms with Gasteiger partial charge in [0.2, 0.25) is 0 Å². The number of rotatable bonds is 6. The molecule has 0 saturated carbocycles. The molecule has 0 N–H and O–H groups in total. The van der Waals surface area contributed by atoms with Crippen molar-refractivity contribution in [2.75, 3.05) is 20.3 Å². The van der Waals surface area contributed by atoms with Gasteiger partial charge in [0.05, 0.1) is 17.0 Å². The molecule has 2 rings (SSSR count). The second kappa shape index (κ2) is 7.01. The van der Waals surface area contributed by atoms with Gasteiger partial charge in [0.15, 0.2) is 0 Å². The van der Waals surface area contributed by atoms with E-state index in [1.807, 2.05) is 0 Å². The maximum Gasteiger partial charge on any atom is 0.329 e. The summed E-state index contributed by atoms with van der Waals surface area (Å²) in [5.41, 5.74) is -0.0418. The van der Waals surface area contributed by atoms with E-state index in [0.717, 1.165) is 0 Å². The Hall–Kier alpha value is -2.74. The highest BCUT2D eigenvalue weighted by molar-refractivity contribution is 5.84. The summed E-state index contributed by atoms with van der Waals surface area (Å²) in [4.78, 5) is 34.5. The van der Waals surface area contributed by atoms with Crippen LogP contribution in [0, 0.1) is 10.1 Å². The lowest BCUT2D eigenvalue weighted by Gasteiger charge is -2.16. The first-order valence-corrected chi connectivity index (χ1v) is 6.91. The van der Waals surface area contributed by atoms with Crippen molar-refractivity contribution in [3.63, 3.8) is 0 Å². The molecule has 0 aliphatic rings. The zero-order chi connectivity index (χ0) is 17.0. The zero-order valence-electron chi connectivity index (χ0n) is 12.7. The predicted molar refractivity (Wildman–Crippen MR) is 82.4 cm³/mol. The molecule has 122 valence electrons. The molecule has 0 fully saturated rings. The van der Waals surface area contributed by atoms with Crippen molar-refractivity contribution in [1.29, 1.82) is 0 Å². The van der Waals surface area contributed by atoms with Gasteiger partial charge in [0.25, 0.3) is 11.2 Å². The number of non-ortho nitro benzene ring substituents is 1. The quantitative estimate of drug-likeness (QED) is 0.347. The van der Waals surface area contributed by atoms with Crippen molar-refractivity contribution in [3.05, 3.63) is 50.8 Å². The number of hydrogen-bond donors (Lipinski definition) is 0. The molecular weight excluding hydrogens is 304 g/mol. The molecule has 0 aliphatic heterocycles. The largest absolute Gasteiger partial charge is 0.462 e. The molecular formula is C15H16N2O6. The van der Waals surface area contributed by atoms with E-state index in [1.165, 1.54) is 48.9 Å². The molecule has 1 heterocycles. The van der Waals surface area contributed by atoms with Gasteiger partial charge in [-0.3, -0.25) is 19.5 Å². The second-order valence-corrected chi connectivity index (χ2v) is 4.88. The fourth-order valence-electron chi connectivity index (χ4n) is 2.22. The maximum atomic E-state index is 12.1. The highest BCUT2D eigenvalue weighted by Crippen LogP contribution is 2.22. The van der Waals surface area contributed by atoms with Crippen LogP contribution in [0.2, 0.25) is 0 Å². The van der Waals surface area contributed by atoms with E-state index in [1.54, 1.807) is 0 Å². The molecule has 0 amide bonds. The van der Waals surface area contributed by atoms with Crippen molar-refractivity contribution >= 4 is 22.6 Å². The average molecular weight is 320 g/mol. The normalized spacial score (nSPS) is 12.1. The number of fused-ring (bicyclic) bond motifs is 1. The zero-order valence-corrected chi connectivity index (χ0v) is 12.7. The fourth-order valence-corrected chi connectivity index (χ4v) is 2.22. The second-order valence-electron chi connectivity index (χ2n) is 4.88. The predicted octanol–water partition coefficient (Wildman–Crippen LogP) is 1.66. The van der Waals surface area contributed by atoms with E-state index < -0.39 is 16.9 Å². The summed E-state index contributed by atoms with van der Waals surface area (Å²) in [6.45, 7) is 1.89. The van der Waals surface area contributed by atoms with E-state index in [-0.39, 0.29) is 24.5 Å². The van der Waals surface area contributed by atoms with Crippen molar-refractivity contribution < 1.29 is 19.2 Å². The Bertz CT molecular complexity index is 798. The van der Waals surface area contributed by atoms with E-state index in [0.29, 0.717) is 10.9 Å². The van der Waals surface area contributed by atoms with E-state index in [9.17, 15) is 19.7 Å². The van der Waals surface area contributed by atoms with Crippen LogP contribution in [0.4, 0.5) is 5.69 Å². The third-order valence-electron chi connectivity index (χ3n) is 3.38. The minimum Gasteiger partial charge on any atom is -0.462 e. The van der Waals surface area contributed by atoms with Gasteiger partial charge in [-0.1, -0.05) is 0 Å². The fraction of sp³-hybridized carbons (Fsp3) is 0.333. The molecule has 0 aliphatic carbocycles. The minimum absolute atomic E-state index is 0.0852. The van der Waals surface area contributed by atoms with E-state index in [2.05, 4.69) is 0 Å². The van der Waals surface area contributed by atoms with Crippen LogP contribution < -0.4 is 5.56 Å². The molecule has 8 nitrogen and oxygen atoms in total. The summed E-state index contributed by atoms with van der Waals surface area (Å²) in [5.74, 6) is -0.574. The number of nitro groups is 1. The van der Waals surface area contributed by atoms with Gasteiger partial charge in [0, 0.05) is 30.7 Å². The van der Waals surface area contributed by atoms with Crippen LogP contribution in [0.1, 0.15) is 13.0 Å². The summed E-state index contributed by atoms with van der Waals surface area (Å²) in [6, 6.07) is 6.00. The summed E-state index contributed by atoms with van der Waals surface area (Å²) in [5, 5.41) is 11.3. The third-order valence-corrected chi connectivity index (χ3v) is 3.38. The van der Waals surface area contributed by atoms with E-state index in [4.69, 9.17) is 9.47 Å². The number of esters is 1. The maximum absolute atomic E-state index is 12.1. The Morgan fingerprint density at radius 2 is 2.04 bits per heavy atom. The number of carbonyl (C=O) groups is 1. The number of nitrogens with zero attached hydrogens (tertiary/aromatic N) is 2. The van der Waals surface area contributed by atoms with Gasteiger partial charge in [-0.15, -0.1) is 0 Å². The first-order chi connectivity index (χ1) is 11.0. The molecule has 0 spiro atoms. The van der Waals surface area contributed by atoms with Gasteiger partial charge in [0.1, 0.15) is 12.6 Å². The Kier molecular flexibility index (Phi) is 5.07. The molecule has 1 atom stereocenters. The number of benzene rings is 1. The SMILES string of the molecule is COCCOC(=O)C(C)n1c(=O)ccc2cc([N+](=O)[O-])ccc21. The molecule has 0 bridgehead atoms. The molecule has 0 radical (unpaired) electrons. The lowest BCUT2D eigenvalue weighted by Crippen LogP contribution is -2.29. The smallest absolute Gasteiger partial charge is 0.329 e. The molecule has 2 aromatic rings. The molecule has 8 heteroatoms. The Balaban J connectivity index is 2.42. The standard InChI is InChI=1S/C15H16N2O6/c1-10(15(19)23-8-7-22-2)16-13-5-4-12(17(20)21)9-11(13)3-6-14(16)18/h3-6,9-10H,7-8H2,1-2H3. The Labute approximate surface area is 131 Å². The van der Waals surface area contributed by atoms with Crippen LogP contribution in [0.3, 0.4) is 0 Å². The monoisotopic (exact) mass is 320 g/mol. The summed E-state index contributed by atoms with van der Waals surface area (Å²) >= 11 is 0. The van der Waals surface area contributed by atoms with Crippen LogP contribution in [0.5, 0.6) is 0 Å². The minimum atomic E-state index is -0.857. The lowest BCUT2D eigenvalue weighted by atomic mass is 10.1. The number of ether oxygens (including phenoxy) is 2. The number of nitro benzene ring substituents is 1. The van der Waals surface area contributed by atoms with Gasteiger partial charge >= 0.3 is 5.97 Å². The first-order valence-electron chi connectivity index (χ1n) is 6.91. The first kappa shape index (κ1) is 16.6. The topological polar surface area (TPSA) is 101 Å². The Morgan fingerprint density at radius 1 is 1.30 bits per heavy atom. The highest BCUT2D eigenvalue weighted by Gasteiger charge is 2.20. The van der Waals surface area contributed by atoms with Crippen molar-refractivity contribution in [2.24, 2.45) is 0 Å². The van der Waals surface area contributed by atoms with Crippen LogP contribution in [-0.4, -0.2) is 35.8 Å². The van der Waals surface area contributed by atoms with Crippen LogP contribution in [0.25, 0.3) is 10.9 Å². The van der Waals surface area contributed by atoms with Gasteiger partial charge < -0.3 is 9.47 Å².